The van der Waals surface area contributed by atoms with Gasteiger partial charge in [-0.25, -0.2) is 4.98 Å². The molecule has 8 nitrogen and oxygen atoms in total. The largest absolute Gasteiger partial charge is 0.335 e. The maximum Gasteiger partial charge on any atom is 0.254 e. The molecule has 1 aliphatic rings. The third kappa shape index (κ3) is 3.25. The van der Waals surface area contributed by atoms with Crippen molar-refractivity contribution < 1.29 is 4.79 Å². The van der Waals surface area contributed by atoms with Gasteiger partial charge in [0, 0.05) is 30.7 Å². The molecular weight excluding hydrogens is 344 g/mol. The standard InChI is InChI=1S/C19H20N6O2/c1-2-16(25-10-5-9-21-25)19(27)24-11-7-13-15(12-24)22-17(23-18(13)26)14-6-3-4-8-20-14/h3-6,8-10,16H,2,7,11-12H2,1H3,(H,22,23,26)/t16-/m0/s1. The van der Waals surface area contributed by atoms with E-state index in [-0.39, 0.29) is 17.5 Å². The molecule has 0 bridgehead atoms. The Morgan fingerprint density at radius 1 is 1.30 bits per heavy atom. The Morgan fingerprint density at radius 3 is 2.89 bits per heavy atom. The lowest BCUT2D eigenvalue weighted by atomic mass is 10.0. The summed E-state index contributed by atoms with van der Waals surface area (Å²) in [6.45, 7) is 2.78. The van der Waals surface area contributed by atoms with Crippen molar-refractivity contribution in [1.82, 2.24) is 29.6 Å². The van der Waals surface area contributed by atoms with Crippen molar-refractivity contribution in [2.24, 2.45) is 0 Å². The Morgan fingerprint density at radius 2 is 2.19 bits per heavy atom. The highest BCUT2D eigenvalue weighted by Gasteiger charge is 2.29. The number of rotatable bonds is 4. The maximum absolute atomic E-state index is 13.0. The fourth-order valence-electron chi connectivity index (χ4n) is 3.40. The van der Waals surface area contributed by atoms with Crippen molar-refractivity contribution in [1.29, 1.82) is 0 Å². The number of aromatic amines is 1. The second kappa shape index (κ2) is 7.14. The Kier molecular flexibility index (Phi) is 4.53. The maximum atomic E-state index is 13.0. The molecule has 0 spiro atoms. The second-order valence-electron chi connectivity index (χ2n) is 6.47. The van der Waals surface area contributed by atoms with Crippen LogP contribution in [-0.2, 0) is 17.8 Å². The molecular formula is C19H20N6O2. The SMILES string of the molecule is CC[C@@H](C(=O)N1CCc2c(nc(-c3ccccn3)[nH]c2=O)C1)n1cccn1. The molecule has 0 fully saturated rings. The Bertz CT molecular complexity index is 997. The van der Waals surface area contributed by atoms with Gasteiger partial charge in [0.2, 0.25) is 5.91 Å². The molecule has 4 heterocycles. The zero-order valence-electron chi connectivity index (χ0n) is 15.0. The molecule has 27 heavy (non-hydrogen) atoms. The summed E-state index contributed by atoms with van der Waals surface area (Å²) < 4.78 is 1.68. The van der Waals surface area contributed by atoms with Crippen LogP contribution in [0.1, 0.15) is 30.6 Å². The fraction of sp³-hybridized carbons (Fsp3) is 0.316. The molecule has 3 aromatic heterocycles. The number of amides is 1. The molecule has 138 valence electrons. The smallest absolute Gasteiger partial charge is 0.254 e. The number of fused-ring (bicyclic) bond motifs is 1. The molecule has 0 radical (unpaired) electrons. The predicted molar refractivity (Wildman–Crippen MR) is 98.8 cm³/mol. The van der Waals surface area contributed by atoms with E-state index in [2.05, 4.69) is 20.1 Å². The summed E-state index contributed by atoms with van der Waals surface area (Å²) in [7, 11) is 0. The van der Waals surface area contributed by atoms with Gasteiger partial charge in [0.15, 0.2) is 5.82 Å². The molecule has 4 rings (SSSR count). The first-order chi connectivity index (χ1) is 13.2. The average Bonchev–Trinajstić information content (AvgIpc) is 3.23. The molecule has 0 saturated carbocycles. The average molecular weight is 364 g/mol. The summed E-state index contributed by atoms with van der Waals surface area (Å²) in [5.74, 6) is 0.418. The number of carbonyl (C=O) groups is 1. The quantitative estimate of drug-likeness (QED) is 0.758. The molecule has 8 heteroatoms. The van der Waals surface area contributed by atoms with E-state index in [9.17, 15) is 9.59 Å². The Hall–Kier alpha value is -3.29. The molecule has 1 amide bonds. The topological polar surface area (TPSA) is 96.8 Å². The fourth-order valence-corrected chi connectivity index (χ4v) is 3.40. The highest BCUT2D eigenvalue weighted by molar-refractivity contribution is 5.80. The number of pyridine rings is 1. The van der Waals surface area contributed by atoms with Gasteiger partial charge in [0.1, 0.15) is 11.7 Å². The van der Waals surface area contributed by atoms with Crippen LogP contribution in [0, 0.1) is 0 Å². The van der Waals surface area contributed by atoms with Gasteiger partial charge in [-0.1, -0.05) is 13.0 Å². The zero-order chi connectivity index (χ0) is 18.8. The molecule has 0 saturated heterocycles. The van der Waals surface area contributed by atoms with Gasteiger partial charge in [0.25, 0.3) is 5.56 Å². The third-order valence-electron chi connectivity index (χ3n) is 4.81. The Labute approximate surface area is 155 Å². The Balaban J connectivity index is 1.63. The first-order valence-electron chi connectivity index (χ1n) is 8.98. The van der Waals surface area contributed by atoms with Gasteiger partial charge >= 0.3 is 0 Å². The van der Waals surface area contributed by atoms with Crippen LogP contribution >= 0.6 is 0 Å². The number of hydrogen-bond acceptors (Lipinski definition) is 5. The van der Waals surface area contributed by atoms with Crippen LogP contribution < -0.4 is 5.56 Å². The highest BCUT2D eigenvalue weighted by atomic mass is 16.2. The third-order valence-corrected chi connectivity index (χ3v) is 4.81. The van der Waals surface area contributed by atoms with E-state index in [0.717, 1.165) is 0 Å². The minimum Gasteiger partial charge on any atom is -0.335 e. The van der Waals surface area contributed by atoms with Crippen LogP contribution in [0.5, 0.6) is 0 Å². The highest BCUT2D eigenvalue weighted by Crippen LogP contribution is 2.21. The van der Waals surface area contributed by atoms with Gasteiger partial charge in [-0.2, -0.15) is 5.10 Å². The van der Waals surface area contributed by atoms with Gasteiger partial charge in [-0.05, 0) is 31.0 Å². The summed E-state index contributed by atoms with van der Waals surface area (Å²) in [5.41, 5.74) is 1.72. The minimum absolute atomic E-state index is 0.00619. The van der Waals surface area contributed by atoms with Crippen molar-refractivity contribution in [3.8, 4) is 11.5 Å². The van der Waals surface area contributed by atoms with E-state index in [0.29, 0.717) is 48.7 Å². The minimum atomic E-state index is -0.348. The first kappa shape index (κ1) is 17.1. The van der Waals surface area contributed by atoms with Crippen LogP contribution in [0.4, 0.5) is 0 Å². The van der Waals surface area contributed by atoms with Crippen molar-refractivity contribution in [2.75, 3.05) is 6.54 Å². The van der Waals surface area contributed by atoms with Crippen LogP contribution in [0.15, 0.2) is 47.7 Å². The first-order valence-corrected chi connectivity index (χ1v) is 8.98. The van der Waals surface area contributed by atoms with Gasteiger partial charge in [0.05, 0.1) is 12.2 Å². The summed E-state index contributed by atoms with van der Waals surface area (Å²) in [5, 5.41) is 4.21. The van der Waals surface area contributed by atoms with Gasteiger partial charge in [-0.3, -0.25) is 19.3 Å². The van der Waals surface area contributed by atoms with Crippen LogP contribution in [-0.4, -0.2) is 42.1 Å². The second-order valence-corrected chi connectivity index (χ2v) is 6.47. The molecule has 0 unspecified atom stereocenters. The van der Waals surface area contributed by atoms with E-state index in [1.54, 1.807) is 40.3 Å². The predicted octanol–water partition coefficient (Wildman–Crippen LogP) is 1.56. The summed E-state index contributed by atoms with van der Waals surface area (Å²) in [6.07, 6.45) is 6.25. The van der Waals surface area contributed by atoms with E-state index >= 15 is 0 Å². The van der Waals surface area contributed by atoms with E-state index in [1.165, 1.54) is 0 Å². The van der Waals surface area contributed by atoms with Crippen molar-refractivity contribution in [2.45, 2.75) is 32.4 Å². The summed E-state index contributed by atoms with van der Waals surface area (Å²) in [6, 6.07) is 6.90. The summed E-state index contributed by atoms with van der Waals surface area (Å²) in [4.78, 5) is 38.9. The van der Waals surface area contributed by atoms with Crippen molar-refractivity contribution in [3.05, 3.63) is 64.5 Å². The molecule has 1 N–H and O–H groups in total. The monoisotopic (exact) mass is 364 g/mol. The number of carbonyl (C=O) groups excluding carboxylic acids is 1. The van der Waals surface area contributed by atoms with Gasteiger partial charge in [-0.15, -0.1) is 0 Å². The number of hydrogen-bond donors (Lipinski definition) is 1. The molecule has 0 aromatic carbocycles. The van der Waals surface area contributed by atoms with Crippen molar-refractivity contribution >= 4 is 5.91 Å². The molecule has 1 atom stereocenters. The lowest BCUT2D eigenvalue weighted by Crippen LogP contribution is -2.42. The summed E-state index contributed by atoms with van der Waals surface area (Å²) >= 11 is 0. The number of H-pyrrole nitrogens is 1. The molecule has 3 aromatic rings. The normalized spacial score (nSPS) is 14.6. The van der Waals surface area contributed by atoms with E-state index in [1.807, 2.05) is 19.1 Å². The lowest BCUT2D eigenvalue weighted by molar-refractivity contribution is -0.136. The van der Waals surface area contributed by atoms with Gasteiger partial charge < -0.3 is 9.88 Å². The number of aromatic nitrogens is 5. The number of nitrogens with zero attached hydrogens (tertiary/aromatic N) is 5. The van der Waals surface area contributed by atoms with Crippen LogP contribution in [0.2, 0.25) is 0 Å². The lowest BCUT2D eigenvalue weighted by Gasteiger charge is -2.30. The van der Waals surface area contributed by atoms with Crippen molar-refractivity contribution in [3.63, 3.8) is 0 Å². The molecule has 1 aliphatic heterocycles. The van der Waals surface area contributed by atoms with E-state index in [4.69, 9.17) is 0 Å². The van der Waals surface area contributed by atoms with Crippen LogP contribution in [0.3, 0.4) is 0 Å². The van der Waals surface area contributed by atoms with E-state index < -0.39 is 0 Å². The number of nitrogens with one attached hydrogen (secondary N) is 1. The molecule has 0 aliphatic carbocycles. The van der Waals surface area contributed by atoms with Crippen LogP contribution in [0.25, 0.3) is 11.5 Å². The zero-order valence-corrected chi connectivity index (χ0v) is 15.0.